The lowest BCUT2D eigenvalue weighted by atomic mass is 10.2. The summed E-state index contributed by atoms with van der Waals surface area (Å²) in [4.78, 5) is 10.8. The molecule has 0 aromatic heterocycles. The van der Waals surface area contributed by atoms with Crippen LogP contribution in [-0.2, 0) is 4.79 Å². The predicted octanol–water partition coefficient (Wildman–Crippen LogP) is 1.28. The minimum Gasteiger partial charge on any atom is -0.476 e. The van der Waals surface area contributed by atoms with Crippen LogP contribution in [0.4, 0.5) is 4.39 Å². The number of nitrogens with one attached hydrogen (secondary N) is 1. The van der Waals surface area contributed by atoms with Gasteiger partial charge in [-0.05, 0) is 42.5 Å². The SMILES string of the molecule is NN/C(Oc1cccc(C#Cc2ccc(F)cc2)c1)=C(\N)C(=O)O. The molecule has 0 fully saturated rings. The topological polar surface area (TPSA) is 111 Å². The summed E-state index contributed by atoms with van der Waals surface area (Å²) in [5.74, 6) is 9.31. The molecule has 0 aliphatic rings. The van der Waals surface area contributed by atoms with Crippen molar-refractivity contribution in [1.82, 2.24) is 5.43 Å². The maximum absolute atomic E-state index is 12.8. The van der Waals surface area contributed by atoms with Crippen LogP contribution < -0.4 is 21.7 Å². The molecule has 0 atom stereocenters. The lowest BCUT2D eigenvalue weighted by Crippen LogP contribution is -2.31. The molecule has 2 aromatic carbocycles. The van der Waals surface area contributed by atoms with E-state index in [2.05, 4.69) is 17.3 Å². The van der Waals surface area contributed by atoms with Crippen LogP contribution >= 0.6 is 0 Å². The largest absolute Gasteiger partial charge is 0.476 e. The highest BCUT2D eigenvalue weighted by atomic mass is 19.1. The number of carbonyl (C=O) groups is 1. The number of halogens is 1. The molecule has 0 spiro atoms. The van der Waals surface area contributed by atoms with Gasteiger partial charge in [0.15, 0.2) is 5.70 Å². The zero-order chi connectivity index (χ0) is 17.5. The minimum absolute atomic E-state index is 0.286. The van der Waals surface area contributed by atoms with Crippen molar-refractivity contribution in [1.29, 1.82) is 0 Å². The fraction of sp³-hybridized carbons (Fsp3) is 0. The molecule has 0 radical (unpaired) electrons. The van der Waals surface area contributed by atoms with Crippen molar-refractivity contribution >= 4 is 5.97 Å². The summed E-state index contributed by atoms with van der Waals surface area (Å²) in [6, 6.07) is 12.4. The number of benzene rings is 2. The molecule has 0 heterocycles. The summed E-state index contributed by atoms with van der Waals surface area (Å²) >= 11 is 0. The minimum atomic E-state index is -1.37. The Labute approximate surface area is 137 Å². The monoisotopic (exact) mass is 327 g/mol. The first kappa shape index (κ1) is 16.9. The van der Waals surface area contributed by atoms with Gasteiger partial charge in [0.25, 0.3) is 0 Å². The first-order chi connectivity index (χ1) is 11.5. The second kappa shape index (κ2) is 7.67. The van der Waals surface area contributed by atoms with Crippen LogP contribution in [0.1, 0.15) is 11.1 Å². The fourth-order valence-electron chi connectivity index (χ4n) is 1.69. The molecule has 6 N–H and O–H groups in total. The van der Waals surface area contributed by atoms with Crippen LogP contribution in [0.2, 0.25) is 0 Å². The van der Waals surface area contributed by atoms with Crippen LogP contribution in [0, 0.1) is 17.7 Å². The first-order valence-electron chi connectivity index (χ1n) is 6.75. The van der Waals surface area contributed by atoms with E-state index in [-0.39, 0.29) is 11.7 Å². The Morgan fingerprint density at radius 2 is 1.79 bits per heavy atom. The first-order valence-corrected chi connectivity index (χ1v) is 6.75. The van der Waals surface area contributed by atoms with Gasteiger partial charge in [-0.3, -0.25) is 5.43 Å². The Balaban J connectivity index is 2.22. The standard InChI is InChI=1S/C17H14FN3O3/c18-13-8-6-11(7-9-13)4-5-12-2-1-3-14(10-12)24-16(21-20)15(19)17(22)23/h1-3,6-10,21H,19-20H2,(H,22,23)/b16-15+. The van der Waals surface area contributed by atoms with Gasteiger partial charge in [-0.15, -0.1) is 0 Å². The molecule has 2 rings (SSSR count). The molecule has 2 aromatic rings. The van der Waals surface area contributed by atoms with Gasteiger partial charge in [0.05, 0.1) is 0 Å². The molecule has 0 aliphatic carbocycles. The van der Waals surface area contributed by atoms with Gasteiger partial charge in [-0.1, -0.05) is 17.9 Å². The Bertz CT molecular complexity index is 836. The van der Waals surface area contributed by atoms with Crippen molar-refractivity contribution in [3.63, 3.8) is 0 Å². The maximum Gasteiger partial charge on any atom is 0.357 e. The van der Waals surface area contributed by atoms with Crippen molar-refractivity contribution in [3.8, 4) is 17.6 Å². The van der Waals surface area contributed by atoms with Crippen molar-refractivity contribution in [3.05, 3.63) is 77.1 Å². The van der Waals surface area contributed by atoms with Crippen LogP contribution in [0.3, 0.4) is 0 Å². The molecule has 0 saturated heterocycles. The van der Waals surface area contributed by atoms with E-state index in [0.717, 1.165) is 0 Å². The lowest BCUT2D eigenvalue weighted by Gasteiger charge is -2.10. The van der Waals surface area contributed by atoms with E-state index in [1.807, 2.05) is 0 Å². The van der Waals surface area contributed by atoms with Gasteiger partial charge < -0.3 is 15.6 Å². The van der Waals surface area contributed by atoms with E-state index in [9.17, 15) is 9.18 Å². The number of carboxylic acids is 1. The molecule has 0 saturated carbocycles. The van der Waals surface area contributed by atoms with Gasteiger partial charge in [0.1, 0.15) is 11.6 Å². The summed E-state index contributed by atoms with van der Waals surface area (Å²) in [5, 5.41) is 8.84. The Morgan fingerprint density at radius 1 is 1.12 bits per heavy atom. The van der Waals surface area contributed by atoms with E-state index < -0.39 is 11.7 Å². The zero-order valence-electron chi connectivity index (χ0n) is 12.4. The second-order valence-electron chi connectivity index (χ2n) is 4.58. The number of carboxylic acid groups (broad SMARTS) is 1. The van der Waals surface area contributed by atoms with Crippen molar-refractivity contribution in [2.45, 2.75) is 0 Å². The Morgan fingerprint density at radius 3 is 2.42 bits per heavy atom. The highest BCUT2D eigenvalue weighted by Crippen LogP contribution is 2.15. The highest BCUT2D eigenvalue weighted by molar-refractivity contribution is 5.85. The third kappa shape index (κ3) is 4.50. The molecular formula is C17H14FN3O3. The van der Waals surface area contributed by atoms with Crippen LogP contribution in [0.15, 0.2) is 60.1 Å². The summed E-state index contributed by atoms with van der Waals surface area (Å²) in [7, 11) is 0. The molecule has 0 unspecified atom stereocenters. The normalized spacial score (nSPS) is 10.9. The third-order valence-corrected chi connectivity index (χ3v) is 2.86. The summed E-state index contributed by atoms with van der Waals surface area (Å²) in [6.45, 7) is 0. The van der Waals surface area contributed by atoms with E-state index in [1.165, 1.54) is 12.1 Å². The second-order valence-corrected chi connectivity index (χ2v) is 4.58. The zero-order valence-corrected chi connectivity index (χ0v) is 12.4. The molecule has 0 amide bonds. The van der Waals surface area contributed by atoms with Gasteiger partial charge >= 0.3 is 5.97 Å². The van der Waals surface area contributed by atoms with Crippen LogP contribution in [0.5, 0.6) is 5.75 Å². The highest BCUT2D eigenvalue weighted by Gasteiger charge is 2.12. The fourth-order valence-corrected chi connectivity index (χ4v) is 1.69. The van der Waals surface area contributed by atoms with Gasteiger partial charge in [-0.2, -0.15) is 0 Å². The van der Waals surface area contributed by atoms with Crippen LogP contribution in [-0.4, -0.2) is 11.1 Å². The number of hydrogen-bond donors (Lipinski definition) is 4. The molecule has 24 heavy (non-hydrogen) atoms. The summed E-state index contributed by atoms with van der Waals surface area (Å²) in [5.41, 5.74) is 8.16. The molecule has 122 valence electrons. The van der Waals surface area contributed by atoms with E-state index >= 15 is 0 Å². The van der Waals surface area contributed by atoms with E-state index in [4.69, 9.17) is 21.4 Å². The average Bonchev–Trinajstić information content (AvgIpc) is 2.59. The van der Waals surface area contributed by atoms with Crippen molar-refractivity contribution in [2.75, 3.05) is 0 Å². The Kier molecular flexibility index (Phi) is 5.39. The van der Waals surface area contributed by atoms with E-state index in [0.29, 0.717) is 16.9 Å². The maximum atomic E-state index is 12.8. The van der Waals surface area contributed by atoms with Gasteiger partial charge in [0.2, 0.25) is 5.88 Å². The summed E-state index contributed by atoms with van der Waals surface area (Å²) < 4.78 is 18.2. The number of nitrogens with two attached hydrogens (primary N) is 2. The van der Waals surface area contributed by atoms with Gasteiger partial charge in [0, 0.05) is 11.1 Å². The number of hydrazine groups is 1. The molecule has 6 nitrogen and oxygen atoms in total. The number of hydrogen-bond acceptors (Lipinski definition) is 5. The smallest absolute Gasteiger partial charge is 0.357 e. The predicted molar refractivity (Wildman–Crippen MR) is 85.6 cm³/mol. The molecule has 0 aliphatic heterocycles. The van der Waals surface area contributed by atoms with Crippen LogP contribution in [0.25, 0.3) is 0 Å². The Hall–Kier alpha value is -3.50. The van der Waals surface area contributed by atoms with E-state index in [1.54, 1.807) is 36.4 Å². The van der Waals surface area contributed by atoms with Gasteiger partial charge in [-0.25, -0.2) is 15.0 Å². The lowest BCUT2D eigenvalue weighted by molar-refractivity contribution is -0.132. The number of aliphatic carboxylic acids is 1. The average molecular weight is 327 g/mol. The molecule has 0 bridgehead atoms. The number of rotatable bonds is 4. The molecule has 7 heteroatoms. The molecular weight excluding hydrogens is 313 g/mol. The van der Waals surface area contributed by atoms with Crippen molar-refractivity contribution in [2.24, 2.45) is 11.6 Å². The summed E-state index contributed by atoms with van der Waals surface area (Å²) in [6.07, 6.45) is 0. The van der Waals surface area contributed by atoms with Crippen molar-refractivity contribution < 1.29 is 19.0 Å². The third-order valence-electron chi connectivity index (χ3n) is 2.86. The quantitative estimate of drug-likeness (QED) is 0.221. The number of ether oxygens (including phenoxy) is 1.